The van der Waals surface area contributed by atoms with Crippen molar-refractivity contribution in [2.75, 3.05) is 31.2 Å². The lowest BCUT2D eigenvalue weighted by Gasteiger charge is -2.33. The molecule has 0 N–H and O–H groups in total. The molecule has 7 nitrogen and oxygen atoms in total. The van der Waals surface area contributed by atoms with Gasteiger partial charge in [-0.1, -0.05) is 11.2 Å². The van der Waals surface area contributed by atoms with Gasteiger partial charge in [-0.3, -0.25) is 4.98 Å². The van der Waals surface area contributed by atoms with Gasteiger partial charge in [0.15, 0.2) is 0 Å². The van der Waals surface area contributed by atoms with Gasteiger partial charge in [-0.15, -0.1) is 0 Å². The molecule has 0 radical (unpaired) electrons. The number of piperidine rings is 1. The molecule has 2 fully saturated rings. The van der Waals surface area contributed by atoms with Gasteiger partial charge in [0.25, 0.3) is 0 Å². The Balaban J connectivity index is 1.37. The maximum Gasteiger partial charge on any atom is 0.245 e. The van der Waals surface area contributed by atoms with E-state index in [4.69, 9.17) is 4.74 Å². The summed E-state index contributed by atoms with van der Waals surface area (Å²) in [6, 6.07) is 4.56. The fourth-order valence-corrected chi connectivity index (χ4v) is 3.75. The second-order valence-corrected chi connectivity index (χ2v) is 6.76. The SMILES string of the molecule is c1cncc(CC2CCN(c3nnnn3C3CCOCC3)CC2)c1. The van der Waals surface area contributed by atoms with Crippen LogP contribution in [-0.2, 0) is 11.2 Å². The van der Waals surface area contributed by atoms with Gasteiger partial charge in [0.05, 0.1) is 6.04 Å². The minimum Gasteiger partial charge on any atom is -0.381 e. The third kappa shape index (κ3) is 3.40. The second kappa shape index (κ2) is 7.25. The van der Waals surface area contributed by atoms with Crippen LogP contribution in [0.25, 0.3) is 0 Å². The lowest BCUT2D eigenvalue weighted by molar-refractivity contribution is 0.0660. The Morgan fingerprint density at radius 1 is 1.12 bits per heavy atom. The van der Waals surface area contributed by atoms with Crippen molar-refractivity contribution in [1.82, 2.24) is 25.2 Å². The lowest BCUT2D eigenvalue weighted by Crippen LogP contribution is -2.37. The first kappa shape index (κ1) is 15.5. The summed E-state index contributed by atoms with van der Waals surface area (Å²) in [7, 11) is 0. The molecule has 7 heteroatoms. The molecule has 0 unspecified atom stereocenters. The van der Waals surface area contributed by atoms with E-state index in [-0.39, 0.29) is 0 Å². The molecule has 128 valence electrons. The van der Waals surface area contributed by atoms with E-state index < -0.39 is 0 Å². The number of pyridine rings is 1. The summed E-state index contributed by atoms with van der Waals surface area (Å²) < 4.78 is 7.47. The zero-order chi connectivity index (χ0) is 16.2. The Hall–Kier alpha value is -2.02. The van der Waals surface area contributed by atoms with Crippen LogP contribution in [0, 0.1) is 5.92 Å². The first-order valence-corrected chi connectivity index (χ1v) is 8.89. The first-order chi connectivity index (χ1) is 11.9. The minimum absolute atomic E-state index is 0.372. The molecule has 0 aliphatic carbocycles. The molecule has 2 saturated heterocycles. The van der Waals surface area contributed by atoms with E-state index in [0.29, 0.717) is 6.04 Å². The third-order valence-electron chi connectivity index (χ3n) is 5.16. The van der Waals surface area contributed by atoms with Gasteiger partial charge in [0, 0.05) is 38.7 Å². The Labute approximate surface area is 142 Å². The zero-order valence-corrected chi connectivity index (χ0v) is 13.9. The summed E-state index contributed by atoms with van der Waals surface area (Å²) in [6.45, 7) is 3.65. The average Bonchev–Trinajstić information content (AvgIpc) is 3.14. The first-order valence-electron chi connectivity index (χ1n) is 8.89. The van der Waals surface area contributed by atoms with Gasteiger partial charge < -0.3 is 9.64 Å². The van der Waals surface area contributed by atoms with Crippen LogP contribution in [0.15, 0.2) is 24.5 Å². The number of ether oxygens (including phenoxy) is 1. The third-order valence-corrected chi connectivity index (χ3v) is 5.16. The predicted octanol–water partition coefficient (Wildman–Crippen LogP) is 1.88. The van der Waals surface area contributed by atoms with E-state index >= 15 is 0 Å². The molecule has 4 heterocycles. The van der Waals surface area contributed by atoms with E-state index in [1.54, 1.807) is 0 Å². The van der Waals surface area contributed by atoms with Crippen LogP contribution in [-0.4, -0.2) is 51.5 Å². The Bertz CT molecular complexity index is 632. The summed E-state index contributed by atoms with van der Waals surface area (Å²) in [4.78, 5) is 6.56. The Morgan fingerprint density at radius 2 is 1.96 bits per heavy atom. The van der Waals surface area contributed by atoms with Gasteiger partial charge >= 0.3 is 0 Å². The van der Waals surface area contributed by atoms with E-state index in [1.165, 1.54) is 18.4 Å². The topological polar surface area (TPSA) is 69.0 Å². The smallest absolute Gasteiger partial charge is 0.245 e. The molecule has 2 aliphatic heterocycles. The van der Waals surface area contributed by atoms with Gasteiger partial charge in [0.2, 0.25) is 5.95 Å². The van der Waals surface area contributed by atoms with Crippen molar-refractivity contribution >= 4 is 5.95 Å². The van der Waals surface area contributed by atoms with Crippen LogP contribution in [0.2, 0.25) is 0 Å². The zero-order valence-electron chi connectivity index (χ0n) is 13.9. The molecular formula is C17H24N6O. The minimum atomic E-state index is 0.372. The van der Waals surface area contributed by atoms with E-state index in [1.807, 2.05) is 23.1 Å². The Morgan fingerprint density at radius 3 is 2.71 bits per heavy atom. The molecule has 4 rings (SSSR count). The van der Waals surface area contributed by atoms with Crippen LogP contribution in [0.3, 0.4) is 0 Å². The summed E-state index contributed by atoms with van der Waals surface area (Å²) in [5, 5.41) is 12.5. The van der Waals surface area contributed by atoms with Crippen LogP contribution < -0.4 is 4.90 Å². The van der Waals surface area contributed by atoms with Crippen LogP contribution in [0.5, 0.6) is 0 Å². The molecule has 0 spiro atoms. The van der Waals surface area contributed by atoms with Gasteiger partial charge in [-0.05, 0) is 60.1 Å². The molecule has 24 heavy (non-hydrogen) atoms. The number of tetrazole rings is 1. The molecule has 2 aliphatic rings. The highest BCUT2D eigenvalue weighted by Gasteiger charge is 2.27. The number of aromatic nitrogens is 5. The maximum atomic E-state index is 5.45. The standard InChI is InChI=1S/C17H24N6O/c1-2-15(13-18-7-1)12-14-3-8-22(9-4-14)17-19-20-21-23(17)16-5-10-24-11-6-16/h1-2,7,13-14,16H,3-6,8-12H2. The molecule has 2 aromatic rings. The van der Waals surface area contributed by atoms with Crippen molar-refractivity contribution in [2.24, 2.45) is 5.92 Å². The van der Waals surface area contributed by atoms with Crippen LogP contribution in [0.1, 0.15) is 37.3 Å². The summed E-state index contributed by atoms with van der Waals surface area (Å²) in [5.41, 5.74) is 1.34. The van der Waals surface area contributed by atoms with Gasteiger partial charge in [-0.25, -0.2) is 4.68 Å². The molecular weight excluding hydrogens is 304 g/mol. The summed E-state index contributed by atoms with van der Waals surface area (Å²) in [6.07, 6.45) is 9.28. The monoisotopic (exact) mass is 328 g/mol. The highest BCUT2D eigenvalue weighted by atomic mass is 16.5. The molecule has 0 saturated carbocycles. The number of rotatable bonds is 4. The van der Waals surface area contributed by atoms with Gasteiger partial charge in [0.1, 0.15) is 0 Å². The van der Waals surface area contributed by atoms with Crippen molar-refractivity contribution in [3.05, 3.63) is 30.1 Å². The molecule has 0 aromatic carbocycles. The van der Waals surface area contributed by atoms with Crippen LogP contribution >= 0.6 is 0 Å². The number of hydrogen-bond donors (Lipinski definition) is 0. The van der Waals surface area contributed by atoms with E-state index in [2.05, 4.69) is 31.5 Å². The molecule has 0 atom stereocenters. The van der Waals surface area contributed by atoms with E-state index in [9.17, 15) is 0 Å². The van der Waals surface area contributed by atoms with Crippen molar-refractivity contribution in [2.45, 2.75) is 38.1 Å². The lowest BCUT2D eigenvalue weighted by atomic mass is 9.91. The highest BCUT2D eigenvalue weighted by Crippen LogP contribution is 2.28. The summed E-state index contributed by atoms with van der Waals surface area (Å²) >= 11 is 0. The molecule has 2 aromatic heterocycles. The van der Waals surface area contributed by atoms with Crippen molar-refractivity contribution in [3.63, 3.8) is 0 Å². The van der Waals surface area contributed by atoms with Crippen molar-refractivity contribution < 1.29 is 4.74 Å². The highest BCUT2D eigenvalue weighted by molar-refractivity contribution is 5.29. The molecule has 0 amide bonds. The fraction of sp³-hybridized carbons (Fsp3) is 0.647. The number of nitrogens with zero attached hydrogens (tertiary/aromatic N) is 6. The summed E-state index contributed by atoms with van der Waals surface area (Å²) in [5.74, 6) is 1.65. The quantitative estimate of drug-likeness (QED) is 0.853. The largest absolute Gasteiger partial charge is 0.381 e. The Kier molecular flexibility index (Phi) is 4.69. The number of anilines is 1. The molecule has 0 bridgehead atoms. The normalized spacial score (nSPS) is 20.4. The van der Waals surface area contributed by atoms with Crippen LogP contribution in [0.4, 0.5) is 5.95 Å². The van der Waals surface area contributed by atoms with Gasteiger partial charge in [-0.2, -0.15) is 0 Å². The fourth-order valence-electron chi connectivity index (χ4n) is 3.75. The number of hydrogen-bond acceptors (Lipinski definition) is 6. The maximum absolute atomic E-state index is 5.45. The van der Waals surface area contributed by atoms with E-state index in [0.717, 1.165) is 57.4 Å². The second-order valence-electron chi connectivity index (χ2n) is 6.76. The van der Waals surface area contributed by atoms with Crippen molar-refractivity contribution in [1.29, 1.82) is 0 Å². The predicted molar refractivity (Wildman–Crippen MR) is 89.8 cm³/mol. The van der Waals surface area contributed by atoms with Crippen molar-refractivity contribution in [3.8, 4) is 0 Å². The average molecular weight is 328 g/mol.